The van der Waals surface area contributed by atoms with Gasteiger partial charge in [-0.05, 0) is 55.7 Å². The third kappa shape index (κ3) is 4.39. The molecule has 1 saturated heterocycles. The summed E-state index contributed by atoms with van der Waals surface area (Å²) in [5.41, 5.74) is 2.57. The monoisotopic (exact) mass is 487 g/mol. The normalized spacial score (nSPS) is 19.1. The SMILES string of the molecule is Cc1cc(NC(=O)C2CCN(C(=O)[C@@H]3Sc4ccccc4NC3=O)CC2)ccc1Br. The number of benzene rings is 2. The van der Waals surface area contributed by atoms with E-state index in [2.05, 4.69) is 26.6 Å². The van der Waals surface area contributed by atoms with Gasteiger partial charge in [-0.2, -0.15) is 0 Å². The quantitative estimate of drug-likeness (QED) is 0.640. The minimum absolute atomic E-state index is 0.0254. The van der Waals surface area contributed by atoms with Gasteiger partial charge < -0.3 is 15.5 Å². The van der Waals surface area contributed by atoms with Gasteiger partial charge in [-0.3, -0.25) is 14.4 Å². The summed E-state index contributed by atoms with van der Waals surface area (Å²) >= 11 is 4.75. The second-order valence-corrected chi connectivity index (χ2v) is 9.54. The van der Waals surface area contributed by atoms with Crippen molar-refractivity contribution in [2.45, 2.75) is 29.9 Å². The number of likely N-dealkylation sites (tertiary alicyclic amines) is 1. The van der Waals surface area contributed by atoms with Crippen molar-refractivity contribution in [3.05, 3.63) is 52.5 Å². The van der Waals surface area contributed by atoms with Gasteiger partial charge in [-0.15, -0.1) is 11.8 Å². The van der Waals surface area contributed by atoms with Crippen LogP contribution in [0.1, 0.15) is 18.4 Å². The number of rotatable bonds is 3. The van der Waals surface area contributed by atoms with Crippen molar-refractivity contribution >= 4 is 56.8 Å². The van der Waals surface area contributed by atoms with Crippen molar-refractivity contribution in [3.63, 3.8) is 0 Å². The van der Waals surface area contributed by atoms with Crippen LogP contribution in [0.3, 0.4) is 0 Å². The number of carbonyl (C=O) groups is 3. The van der Waals surface area contributed by atoms with Gasteiger partial charge in [0.2, 0.25) is 17.7 Å². The molecule has 3 amide bonds. The molecule has 2 aromatic rings. The van der Waals surface area contributed by atoms with Crippen molar-refractivity contribution in [1.82, 2.24) is 4.90 Å². The standard InChI is InChI=1S/C22H22BrN3O3S/c1-13-12-15(6-7-16(13)23)24-20(27)14-8-10-26(11-9-14)22(29)19-21(28)25-17-4-2-3-5-18(17)30-19/h2-7,12,14,19H,8-11H2,1H3,(H,24,27)(H,25,28)/t19-/m1/s1. The van der Waals surface area contributed by atoms with E-state index in [-0.39, 0.29) is 23.6 Å². The van der Waals surface area contributed by atoms with Crippen molar-refractivity contribution in [3.8, 4) is 0 Å². The minimum atomic E-state index is -0.781. The molecule has 2 heterocycles. The van der Waals surface area contributed by atoms with Gasteiger partial charge in [0.05, 0.1) is 5.69 Å². The third-order valence-electron chi connectivity index (χ3n) is 5.46. The maximum atomic E-state index is 12.9. The number of nitrogens with one attached hydrogen (secondary N) is 2. The summed E-state index contributed by atoms with van der Waals surface area (Å²) in [5.74, 6) is -0.641. The lowest BCUT2D eigenvalue weighted by Gasteiger charge is -2.34. The van der Waals surface area contributed by atoms with Crippen LogP contribution < -0.4 is 10.6 Å². The number of piperidine rings is 1. The summed E-state index contributed by atoms with van der Waals surface area (Å²) < 4.78 is 1.000. The highest BCUT2D eigenvalue weighted by molar-refractivity contribution is 9.10. The predicted molar refractivity (Wildman–Crippen MR) is 122 cm³/mol. The number of amides is 3. The second-order valence-electron chi connectivity index (χ2n) is 7.54. The summed E-state index contributed by atoms with van der Waals surface area (Å²) in [6.07, 6.45) is 1.17. The molecule has 8 heteroatoms. The van der Waals surface area contributed by atoms with Gasteiger partial charge in [-0.25, -0.2) is 0 Å². The van der Waals surface area contributed by atoms with E-state index in [4.69, 9.17) is 0 Å². The molecule has 2 aliphatic heterocycles. The first-order valence-electron chi connectivity index (χ1n) is 9.85. The van der Waals surface area contributed by atoms with E-state index < -0.39 is 5.25 Å². The number of fused-ring (bicyclic) bond motifs is 1. The fraction of sp³-hybridized carbons (Fsp3) is 0.318. The zero-order valence-electron chi connectivity index (χ0n) is 16.5. The van der Waals surface area contributed by atoms with Crippen LogP contribution in [0.15, 0.2) is 51.8 Å². The molecule has 2 aliphatic rings. The molecule has 0 bridgehead atoms. The number of hydrogen-bond acceptors (Lipinski definition) is 4. The first-order valence-corrected chi connectivity index (χ1v) is 11.5. The van der Waals surface area contributed by atoms with Gasteiger partial charge >= 0.3 is 0 Å². The van der Waals surface area contributed by atoms with E-state index in [1.54, 1.807) is 4.90 Å². The maximum Gasteiger partial charge on any atom is 0.247 e. The highest BCUT2D eigenvalue weighted by atomic mass is 79.9. The van der Waals surface area contributed by atoms with Crippen molar-refractivity contribution in [2.75, 3.05) is 23.7 Å². The molecule has 6 nitrogen and oxygen atoms in total. The number of aryl methyl sites for hydroxylation is 1. The molecule has 1 fully saturated rings. The summed E-state index contributed by atoms with van der Waals surface area (Å²) in [5, 5.41) is 5.01. The average molecular weight is 488 g/mol. The topological polar surface area (TPSA) is 78.5 Å². The van der Waals surface area contributed by atoms with Gasteiger partial charge in [0.1, 0.15) is 0 Å². The lowest BCUT2D eigenvalue weighted by atomic mass is 9.95. The number of carbonyl (C=O) groups excluding carboxylic acids is 3. The molecule has 0 radical (unpaired) electrons. The van der Waals surface area contributed by atoms with Gasteiger partial charge in [0.25, 0.3) is 0 Å². The van der Waals surface area contributed by atoms with E-state index >= 15 is 0 Å². The Balaban J connectivity index is 1.34. The molecule has 0 aromatic heterocycles. The summed E-state index contributed by atoms with van der Waals surface area (Å²) in [4.78, 5) is 40.6. The molecule has 2 aromatic carbocycles. The summed E-state index contributed by atoms with van der Waals surface area (Å²) in [7, 11) is 0. The average Bonchev–Trinajstić information content (AvgIpc) is 2.75. The molecular formula is C22H22BrN3O3S. The van der Waals surface area contributed by atoms with E-state index in [1.807, 2.05) is 49.4 Å². The van der Waals surface area contributed by atoms with Crippen LogP contribution in [-0.2, 0) is 14.4 Å². The van der Waals surface area contributed by atoms with Crippen LogP contribution >= 0.6 is 27.7 Å². The van der Waals surface area contributed by atoms with Crippen LogP contribution in [0, 0.1) is 12.8 Å². The second kappa shape index (κ2) is 8.81. The molecular weight excluding hydrogens is 466 g/mol. The van der Waals surface area contributed by atoms with Crippen molar-refractivity contribution in [1.29, 1.82) is 0 Å². The lowest BCUT2D eigenvalue weighted by Crippen LogP contribution is -2.48. The number of thioether (sulfide) groups is 1. The Morgan fingerprint density at radius 1 is 1.17 bits per heavy atom. The van der Waals surface area contributed by atoms with E-state index in [0.717, 1.165) is 26.3 Å². The Morgan fingerprint density at radius 2 is 1.90 bits per heavy atom. The highest BCUT2D eigenvalue weighted by Crippen LogP contribution is 2.36. The minimum Gasteiger partial charge on any atom is -0.341 e. The van der Waals surface area contributed by atoms with Crippen molar-refractivity contribution in [2.24, 2.45) is 5.92 Å². The molecule has 0 unspecified atom stereocenters. The summed E-state index contributed by atoms with van der Waals surface area (Å²) in [6.45, 7) is 2.92. The molecule has 0 spiro atoms. The van der Waals surface area contributed by atoms with Crippen molar-refractivity contribution < 1.29 is 14.4 Å². The van der Waals surface area contributed by atoms with Gasteiger partial charge in [-0.1, -0.05) is 28.1 Å². The zero-order valence-corrected chi connectivity index (χ0v) is 18.9. The molecule has 2 N–H and O–H groups in total. The Bertz CT molecular complexity index is 1000. The lowest BCUT2D eigenvalue weighted by molar-refractivity contribution is -0.136. The molecule has 0 saturated carbocycles. The first kappa shape index (κ1) is 20.9. The molecule has 156 valence electrons. The van der Waals surface area contributed by atoms with Crippen LogP contribution in [0.5, 0.6) is 0 Å². The van der Waals surface area contributed by atoms with Gasteiger partial charge in [0, 0.05) is 34.1 Å². The molecule has 30 heavy (non-hydrogen) atoms. The number of hydrogen-bond donors (Lipinski definition) is 2. The Morgan fingerprint density at radius 3 is 2.63 bits per heavy atom. The predicted octanol–water partition coefficient (Wildman–Crippen LogP) is 4.05. The van der Waals surface area contributed by atoms with Crippen LogP contribution in [-0.4, -0.2) is 41.0 Å². The van der Waals surface area contributed by atoms with Crippen LogP contribution in [0.2, 0.25) is 0 Å². The fourth-order valence-corrected chi connectivity index (χ4v) is 5.03. The number of halogens is 1. The highest BCUT2D eigenvalue weighted by Gasteiger charge is 2.37. The molecule has 4 rings (SSSR count). The third-order valence-corrected chi connectivity index (χ3v) is 7.61. The Kier molecular flexibility index (Phi) is 6.15. The Hall–Kier alpha value is -2.32. The Labute approximate surface area is 187 Å². The molecule has 1 atom stereocenters. The van der Waals surface area contributed by atoms with E-state index in [1.165, 1.54) is 11.8 Å². The van der Waals surface area contributed by atoms with Crippen LogP contribution in [0.4, 0.5) is 11.4 Å². The maximum absolute atomic E-state index is 12.9. The van der Waals surface area contributed by atoms with E-state index in [0.29, 0.717) is 25.9 Å². The van der Waals surface area contributed by atoms with Gasteiger partial charge in [0.15, 0.2) is 5.25 Å². The fourth-order valence-electron chi connectivity index (χ4n) is 3.71. The number of para-hydroxylation sites is 1. The van der Waals surface area contributed by atoms with Crippen LogP contribution in [0.25, 0.3) is 0 Å². The first-order chi connectivity index (χ1) is 14.4. The van der Waals surface area contributed by atoms with E-state index in [9.17, 15) is 14.4 Å². The largest absolute Gasteiger partial charge is 0.341 e. The zero-order chi connectivity index (χ0) is 21.3. The smallest absolute Gasteiger partial charge is 0.247 e. The number of nitrogens with zero attached hydrogens (tertiary/aromatic N) is 1. The summed E-state index contributed by atoms with van der Waals surface area (Å²) in [6, 6.07) is 13.2. The molecule has 0 aliphatic carbocycles. The number of anilines is 2.